The maximum atomic E-state index is 12.8. The van der Waals surface area contributed by atoms with Gasteiger partial charge in [-0.15, -0.1) is 0 Å². The van der Waals surface area contributed by atoms with Crippen LogP contribution in [0, 0.1) is 13.8 Å². The number of hydrazone groups is 1. The van der Waals surface area contributed by atoms with Crippen LogP contribution < -0.4 is 20.7 Å². The molecule has 2 aromatic carbocycles. The Bertz CT molecular complexity index is 1470. The van der Waals surface area contributed by atoms with Crippen molar-refractivity contribution in [2.75, 3.05) is 6.79 Å². The molecule has 0 unspecified atom stereocenters. The van der Waals surface area contributed by atoms with Crippen molar-refractivity contribution in [2.24, 2.45) is 5.10 Å². The lowest BCUT2D eigenvalue weighted by Gasteiger charge is -2.20. The van der Waals surface area contributed by atoms with Crippen LogP contribution in [0.25, 0.3) is 5.69 Å². The van der Waals surface area contributed by atoms with Gasteiger partial charge in [0.1, 0.15) is 5.56 Å². The highest BCUT2D eigenvalue weighted by Gasteiger charge is 2.35. The number of carbonyl (C=O) groups is 1. The van der Waals surface area contributed by atoms with Gasteiger partial charge in [0.05, 0.1) is 17.4 Å². The number of rotatable bonds is 3. The molecule has 1 aromatic heterocycles. The Labute approximate surface area is 193 Å². The molecule has 2 N–H and O–H groups in total. The zero-order valence-electron chi connectivity index (χ0n) is 18.8. The number of H-pyrrole nitrogens is 1. The van der Waals surface area contributed by atoms with Crippen molar-refractivity contribution in [1.82, 2.24) is 14.6 Å². The molecule has 174 valence electrons. The number of hydrogen-bond donors (Lipinski definition) is 2. The highest BCUT2D eigenvalue weighted by Crippen LogP contribution is 2.39. The first-order chi connectivity index (χ1) is 16.2. The second-order valence-electron chi connectivity index (χ2n) is 8.38. The molecule has 1 amide bonds. The normalized spacial score (nSPS) is 16.6. The zero-order valence-corrected chi connectivity index (χ0v) is 18.8. The number of hydrogen-bond acceptors (Lipinski definition) is 7. The Morgan fingerprint density at radius 3 is 2.50 bits per heavy atom. The summed E-state index contributed by atoms with van der Waals surface area (Å²) < 4.78 is 11.8. The third kappa shape index (κ3) is 3.53. The molecular formula is C24H22N4O6. The summed E-state index contributed by atoms with van der Waals surface area (Å²) in [6.07, 6.45) is 0.154. The SMILES string of the molecule is CC(=O)N1N=C(c2c(O)n(-c3cc(C)cc(C)c3)c(=O)[nH]c2=O)C[C@@H]1c1ccc2c(c1)OCO2. The number of aromatic nitrogens is 2. The van der Waals surface area contributed by atoms with Crippen LogP contribution in [0.4, 0.5) is 0 Å². The number of aryl methyl sites for hydroxylation is 2. The van der Waals surface area contributed by atoms with Gasteiger partial charge in [0.2, 0.25) is 18.6 Å². The predicted octanol–water partition coefficient (Wildman–Crippen LogP) is 2.27. The number of fused-ring (bicyclic) bond motifs is 1. The van der Waals surface area contributed by atoms with Crippen LogP contribution in [0.1, 0.15) is 41.6 Å². The van der Waals surface area contributed by atoms with Gasteiger partial charge in [0, 0.05) is 13.3 Å². The molecule has 3 heterocycles. The highest BCUT2D eigenvalue weighted by molar-refractivity contribution is 6.04. The summed E-state index contributed by atoms with van der Waals surface area (Å²) in [6.45, 7) is 5.22. The first-order valence-electron chi connectivity index (χ1n) is 10.7. The van der Waals surface area contributed by atoms with E-state index >= 15 is 0 Å². The van der Waals surface area contributed by atoms with Gasteiger partial charge in [0.25, 0.3) is 5.56 Å². The number of carbonyl (C=O) groups excluding carboxylic acids is 1. The molecule has 0 fully saturated rings. The lowest BCUT2D eigenvalue weighted by molar-refractivity contribution is -0.130. The van der Waals surface area contributed by atoms with Gasteiger partial charge in [0.15, 0.2) is 11.5 Å². The topological polar surface area (TPSA) is 126 Å². The summed E-state index contributed by atoms with van der Waals surface area (Å²) >= 11 is 0. The Morgan fingerprint density at radius 1 is 1.09 bits per heavy atom. The van der Waals surface area contributed by atoms with E-state index in [1.807, 2.05) is 19.9 Å². The molecule has 3 aromatic rings. The van der Waals surface area contributed by atoms with Gasteiger partial charge in [-0.05, 0) is 54.8 Å². The number of benzene rings is 2. The minimum Gasteiger partial charge on any atom is -0.493 e. The average Bonchev–Trinajstić information content (AvgIpc) is 3.39. The van der Waals surface area contributed by atoms with Gasteiger partial charge < -0.3 is 14.6 Å². The third-order valence-corrected chi connectivity index (χ3v) is 5.85. The van der Waals surface area contributed by atoms with E-state index in [0.29, 0.717) is 17.2 Å². The van der Waals surface area contributed by atoms with Crippen molar-refractivity contribution >= 4 is 11.6 Å². The second kappa shape index (κ2) is 7.91. The zero-order chi connectivity index (χ0) is 24.1. The van der Waals surface area contributed by atoms with Crippen molar-refractivity contribution in [3.05, 3.63) is 79.5 Å². The number of ether oxygens (including phenoxy) is 2. The summed E-state index contributed by atoms with van der Waals surface area (Å²) in [7, 11) is 0. The first kappa shape index (κ1) is 21.5. The van der Waals surface area contributed by atoms with Crippen LogP contribution in [0.5, 0.6) is 17.4 Å². The predicted molar refractivity (Wildman–Crippen MR) is 123 cm³/mol. The summed E-state index contributed by atoms with van der Waals surface area (Å²) in [4.78, 5) is 40.1. The molecule has 0 aliphatic carbocycles. The summed E-state index contributed by atoms with van der Waals surface area (Å²) in [5, 5.41) is 16.7. The van der Waals surface area contributed by atoms with Crippen LogP contribution in [0.15, 0.2) is 51.1 Å². The van der Waals surface area contributed by atoms with Gasteiger partial charge >= 0.3 is 5.69 Å². The van der Waals surface area contributed by atoms with E-state index < -0.39 is 23.2 Å². The first-order valence-corrected chi connectivity index (χ1v) is 10.7. The average molecular weight is 462 g/mol. The lowest BCUT2D eigenvalue weighted by Crippen LogP contribution is -2.33. The van der Waals surface area contributed by atoms with Crippen molar-refractivity contribution in [1.29, 1.82) is 0 Å². The van der Waals surface area contributed by atoms with Gasteiger partial charge in [-0.1, -0.05) is 12.1 Å². The fourth-order valence-electron chi connectivity index (χ4n) is 4.44. The molecule has 0 saturated carbocycles. The molecule has 0 spiro atoms. The minimum absolute atomic E-state index is 0.116. The van der Waals surface area contributed by atoms with Crippen molar-refractivity contribution in [3.63, 3.8) is 0 Å². The Morgan fingerprint density at radius 2 is 1.79 bits per heavy atom. The van der Waals surface area contributed by atoms with Crippen LogP contribution in [0.2, 0.25) is 0 Å². The molecule has 0 saturated heterocycles. The van der Waals surface area contributed by atoms with Crippen molar-refractivity contribution < 1.29 is 19.4 Å². The number of amides is 1. The maximum Gasteiger partial charge on any atom is 0.335 e. The molecule has 2 aliphatic rings. The van der Waals surface area contributed by atoms with Crippen LogP contribution in [-0.4, -0.2) is 38.1 Å². The third-order valence-electron chi connectivity index (χ3n) is 5.85. The van der Waals surface area contributed by atoms with Gasteiger partial charge in [-0.25, -0.2) is 14.4 Å². The van der Waals surface area contributed by atoms with Crippen molar-refractivity contribution in [3.8, 4) is 23.1 Å². The molecular weight excluding hydrogens is 440 g/mol. The van der Waals surface area contributed by atoms with E-state index in [0.717, 1.165) is 21.3 Å². The van der Waals surface area contributed by atoms with Crippen LogP contribution in [-0.2, 0) is 4.79 Å². The highest BCUT2D eigenvalue weighted by atomic mass is 16.7. The molecule has 10 nitrogen and oxygen atoms in total. The number of nitrogens with one attached hydrogen (secondary N) is 1. The molecule has 2 aliphatic heterocycles. The second-order valence-corrected chi connectivity index (χ2v) is 8.38. The van der Waals surface area contributed by atoms with Crippen LogP contribution >= 0.6 is 0 Å². The summed E-state index contributed by atoms with van der Waals surface area (Å²) in [5.74, 6) is 0.286. The standard InChI is InChI=1S/C24H22N4O6/c1-12-6-13(2)8-16(7-12)27-23(31)21(22(30)25-24(27)32)17-10-18(28(26-17)14(3)29)15-4-5-19-20(9-15)34-11-33-19/h4-9,18,31H,10-11H2,1-3H3,(H,25,30,32)/t18-/m1/s1. The maximum absolute atomic E-state index is 12.8. The quantitative estimate of drug-likeness (QED) is 0.615. The van der Waals surface area contributed by atoms with Crippen molar-refractivity contribution in [2.45, 2.75) is 33.2 Å². The molecule has 0 radical (unpaired) electrons. The molecule has 10 heteroatoms. The summed E-state index contributed by atoms with van der Waals surface area (Å²) in [6, 6.07) is 10.2. The van der Waals surface area contributed by atoms with Gasteiger partial charge in [-0.2, -0.15) is 5.10 Å². The lowest BCUT2D eigenvalue weighted by atomic mass is 9.98. The minimum atomic E-state index is -0.781. The summed E-state index contributed by atoms with van der Waals surface area (Å²) in [5.41, 5.74) is 1.39. The fourth-order valence-corrected chi connectivity index (χ4v) is 4.44. The number of aromatic hydroxyl groups is 1. The molecule has 0 bridgehead atoms. The Kier molecular flexibility index (Phi) is 5.00. The van der Waals surface area contributed by atoms with E-state index in [2.05, 4.69) is 10.1 Å². The van der Waals surface area contributed by atoms with Gasteiger partial charge in [-0.3, -0.25) is 14.6 Å². The van der Waals surface area contributed by atoms with E-state index in [4.69, 9.17) is 9.47 Å². The largest absolute Gasteiger partial charge is 0.493 e. The smallest absolute Gasteiger partial charge is 0.335 e. The fraction of sp³-hybridized carbons (Fsp3) is 0.250. The van der Waals surface area contributed by atoms with E-state index in [1.165, 1.54) is 11.9 Å². The Balaban J connectivity index is 1.61. The van der Waals surface area contributed by atoms with E-state index in [9.17, 15) is 19.5 Å². The molecule has 34 heavy (non-hydrogen) atoms. The molecule has 5 rings (SSSR count). The number of nitrogens with zero attached hydrogens (tertiary/aromatic N) is 3. The van der Waals surface area contributed by atoms with Crippen LogP contribution in [0.3, 0.4) is 0 Å². The Hall–Kier alpha value is -4.34. The monoisotopic (exact) mass is 462 g/mol. The van der Waals surface area contributed by atoms with E-state index in [-0.39, 0.29) is 30.4 Å². The number of aromatic amines is 1. The van der Waals surface area contributed by atoms with E-state index in [1.54, 1.807) is 30.3 Å². The molecule has 1 atom stereocenters.